The molecular formula is C13H9BrClFN2O2. The molecule has 1 amide bonds. The van der Waals surface area contributed by atoms with Gasteiger partial charge >= 0.3 is 0 Å². The topological polar surface area (TPSA) is 51.2 Å². The number of ether oxygens (including phenoxy) is 1. The van der Waals surface area contributed by atoms with E-state index in [2.05, 4.69) is 26.2 Å². The van der Waals surface area contributed by atoms with Gasteiger partial charge in [-0.05, 0) is 40.2 Å². The van der Waals surface area contributed by atoms with E-state index in [9.17, 15) is 9.18 Å². The van der Waals surface area contributed by atoms with Crippen LogP contribution in [0.25, 0.3) is 0 Å². The molecule has 20 heavy (non-hydrogen) atoms. The summed E-state index contributed by atoms with van der Waals surface area (Å²) < 4.78 is 18.5. The zero-order chi connectivity index (χ0) is 14.7. The maximum atomic E-state index is 12.7. The number of amides is 1. The third kappa shape index (κ3) is 3.26. The molecule has 0 saturated carbocycles. The van der Waals surface area contributed by atoms with E-state index < -0.39 is 11.9 Å². The van der Waals surface area contributed by atoms with Gasteiger partial charge in [-0.15, -0.1) is 0 Å². The number of rotatable bonds is 3. The fourth-order valence-electron chi connectivity index (χ4n) is 1.57. The molecule has 7 heteroatoms. The molecule has 1 aromatic carbocycles. The van der Waals surface area contributed by atoms with Gasteiger partial charge in [0.25, 0.3) is 5.91 Å². The molecule has 2 rings (SSSR count). The van der Waals surface area contributed by atoms with Crippen LogP contribution in [0.4, 0.5) is 10.1 Å². The number of methoxy groups -OCH3 is 1. The first-order chi connectivity index (χ1) is 9.51. The summed E-state index contributed by atoms with van der Waals surface area (Å²) >= 11 is 9.22. The lowest BCUT2D eigenvalue weighted by Crippen LogP contribution is -2.13. The standard InChI is InChI=1S/C13H9BrClFN2O2/c1-20-12-9(14)4-8(15)5-10(12)18-13(19)7-2-3-11(16)17-6-7/h2-6H,1H3,(H,18,19). The molecule has 104 valence electrons. The van der Waals surface area contributed by atoms with Crippen molar-refractivity contribution in [2.75, 3.05) is 12.4 Å². The number of hydrogen-bond donors (Lipinski definition) is 1. The van der Waals surface area contributed by atoms with E-state index in [0.29, 0.717) is 20.9 Å². The van der Waals surface area contributed by atoms with Gasteiger partial charge < -0.3 is 10.1 Å². The van der Waals surface area contributed by atoms with Crippen molar-refractivity contribution in [2.24, 2.45) is 0 Å². The molecule has 2 aromatic rings. The van der Waals surface area contributed by atoms with Crippen LogP contribution in [0.15, 0.2) is 34.9 Å². The summed E-state index contributed by atoms with van der Waals surface area (Å²) in [6.07, 6.45) is 1.15. The van der Waals surface area contributed by atoms with Crippen LogP contribution >= 0.6 is 27.5 Å². The van der Waals surface area contributed by atoms with Crippen molar-refractivity contribution in [2.45, 2.75) is 0 Å². The lowest BCUT2D eigenvalue weighted by atomic mass is 10.2. The molecule has 0 atom stereocenters. The summed E-state index contributed by atoms with van der Waals surface area (Å²) in [5.74, 6) is -0.646. The summed E-state index contributed by atoms with van der Waals surface area (Å²) in [5.41, 5.74) is 0.630. The van der Waals surface area contributed by atoms with Crippen molar-refractivity contribution in [3.8, 4) is 5.75 Å². The number of nitrogens with one attached hydrogen (secondary N) is 1. The maximum absolute atomic E-state index is 12.7. The Morgan fingerprint density at radius 2 is 2.20 bits per heavy atom. The van der Waals surface area contributed by atoms with E-state index in [-0.39, 0.29) is 5.56 Å². The Kier molecular flexibility index (Phi) is 4.57. The van der Waals surface area contributed by atoms with Crippen LogP contribution in [0.1, 0.15) is 10.4 Å². The van der Waals surface area contributed by atoms with Crippen molar-refractivity contribution >= 4 is 39.1 Å². The third-order valence-corrected chi connectivity index (χ3v) is 3.26. The Bertz CT molecular complexity index is 650. The fourth-order valence-corrected chi connectivity index (χ4v) is 2.54. The molecule has 0 aliphatic carbocycles. The van der Waals surface area contributed by atoms with Gasteiger partial charge in [0.05, 0.1) is 22.8 Å². The van der Waals surface area contributed by atoms with Crippen LogP contribution in [0.3, 0.4) is 0 Å². The number of anilines is 1. The van der Waals surface area contributed by atoms with Gasteiger partial charge in [-0.25, -0.2) is 4.98 Å². The molecule has 0 bridgehead atoms. The number of benzene rings is 1. The quantitative estimate of drug-likeness (QED) is 0.846. The highest BCUT2D eigenvalue weighted by atomic mass is 79.9. The smallest absolute Gasteiger partial charge is 0.257 e. The Balaban J connectivity index is 2.30. The van der Waals surface area contributed by atoms with E-state index in [1.54, 1.807) is 12.1 Å². The molecule has 0 unspecified atom stereocenters. The third-order valence-electron chi connectivity index (χ3n) is 2.45. The Labute approximate surface area is 128 Å². The van der Waals surface area contributed by atoms with Gasteiger partial charge in [-0.2, -0.15) is 4.39 Å². The number of pyridine rings is 1. The summed E-state index contributed by atoms with van der Waals surface area (Å²) in [7, 11) is 1.48. The van der Waals surface area contributed by atoms with Crippen LogP contribution in [0.5, 0.6) is 5.75 Å². The summed E-state index contributed by atoms with van der Waals surface area (Å²) in [6, 6.07) is 5.65. The fraction of sp³-hybridized carbons (Fsp3) is 0.0769. The monoisotopic (exact) mass is 358 g/mol. The van der Waals surface area contributed by atoms with E-state index >= 15 is 0 Å². The lowest BCUT2D eigenvalue weighted by Gasteiger charge is -2.12. The van der Waals surface area contributed by atoms with Crippen molar-refractivity contribution in [3.63, 3.8) is 0 Å². The normalized spacial score (nSPS) is 10.2. The minimum absolute atomic E-state index is 0.226. The first-order valence-corrected chi connectivity index (χ1v) is 6.64. The predicted molar refractivity (Wildman–Crippen MR) is 77.9 cm³/mol. The van der Waals surface area contributed by atoms with Crippen LogP contribution in [-0.4, -0.2) is 18.0 Å². The number of carbonyl (C=O) groups is 1. The molecule has 1 N–H and O–H groups in total. The minimum Gasteiger partial charge on any atom is -0.493 e. The van der Waals surface area contributed by atoms with Gasteiger partial charge in [-0.1, -0.05) is 11.6 Å². The van der Waals surface area contributed by atoms with Crippen LogP contribution in [0, 0.1) is 5.95 Å². The second-order valence-corrected chi connectivity index (χ2v) is 5.08. The molecular weight excluding hydrogens is 351 g/mol. The molecule has 0 spiro atoms. The molecule has 0 radical (unpaired) electrons. The van der Waals surface area contributed by atoms with E-state index in [4.69, 9.17) is 16.3 Å². The zero-order valence-corrected chi connectivity index (χ0v) is 12.6. The van der Waals surface area contributed by atoms with Gasteiger partial charge in [0.1, 0.15) is 0 Å². The van der Waals surface area contributed by atoms with Gasteiger partial charge in [-0.3, -0.25) is 4.79 Å². The molecule has 4 nitrogen and oxygen atoms in total. The molecule has 0 fully saturated rings. The number of nitrogens with zero attached hydrogens (tertiary/aromatic N) is 1. The summed E-state index contributed by atoms with van der Waals surface area (Å²) in [4.78, 5) is 15.5. The van der Waals surface area contributed by atoms with Crippen molar-refractivity contribution in [1.29, 1.82) is 0 Å². The Morgan fingerprint density at radius 3 is 2.80 bits per heavy atom. The van der Waals surface area contributed by atoms with Crippen molar-refractivity contribution < 1.29 is 13.9 Å². The lowest BCUT2D eigenvalue weighted by molar-refractivity contribution is 0.102. The highest BCUT2D eigenvalue weighted by Gasteiger charge is 2.13. The minimum atomic E-state index is -0.648. The summed E-state index contributed by atoms with van der Waals surface area (Å²) in [6.45, 7) is 0. The van der Waals surface area contributed by atoms with E-state index in [0.717, 1.165) is 12.3 Å². The second kappa shape index (κ2) is 6.19. The number of hydrogen-bond acceptors (Lipinski definition) is 3. The summed E-state index contributed by atoms with van der Waals surface area (Å²) in [5, 5.41) is 3.07. The average molecular weight is 360 g/mol. The highest BCUT2D eigenvalue weighted by molar-refractivity contribution is 9.10. The predicted octanol–water partition coefficient (Wildman–Crippen LogP) is 3.90. The van der Waals surface area contributed by atoms with Crippen molar-refractivity contribution in [1.82, 2.24) is 4.98 Å². The molecule has 0 saturated heterocycles. The van der Waals surface area contributed by atoms with Crippen LogP contribution < -0.4 is 10.1 Å². The molecule has 1 aromatic heterocycles. The average Bonchev–Trinajstić information content (AvgIpc) is 2.39. The van der Waals surface area contributed by atoms with E-state index in [1.165, 1.54) is 13.2 Å². The number of halogens is 3. The molecule has 1 heterocycles. The number of carbonyl (C=O) groups excluding carboxylic acids is 1. The van der Waals surface area contributed by atoms with Gasteiger partial charge in [0.15, 0.2) is 5.75 Å². The maximum Gasteiger partial charge on any atom is 0.257 e. The highest BCUT2D eigenvalue weighted by Crippen LogP contribution is 2.36. The van der Waals surface area contributed by atoms with Gasteiger partial charge in [0, 0.05) is 11.2 Å². The largest absolute Gasteiger partial charge is 0.493 e. The Morgan fingerprint density at radius 1 is 1.45 bits per heavy atom. The van der Waals surface area contributed by atoms with Crippen LogP contribution in [0.2, 0.25) is 5.02 Å². The molecule has 0 aliphatic rings. The SMILES string of the molecule is COc1c(Br)cc(Cl)cc1NC(=O)c1ccc(F)nc1. The second-order valence-electron chi connectivity index (χ2n) is 3.79. The van der Waals surface area contributed by atoms with E-state index in [1.807, 2.05) is 0 Å². The zero-order valence-electron chi connectivity index (χ0n) is 10.3. The van der Waals surface area contributed by atoms with Crippen molar-refractivity contribution in [3.05, 3.63) is 51.5 Å². The molecule has 0 aliphatic heterocycles. The Hall–Kier alpha value is -1.66. The number of aromatic nitrogens is 1. The van der Waals surface area contributed by atoms with Crippen LogP contribution in [-0.2, 0) is 0 Å². The first-order valence-electron chi connectivity index (χ1n) is 5.47. The van der Waals surface area contributed by atoms with Gasteiger partial charge in [0.2, 0.25) is 5.95 Å². The first kappa shape index (κ1) is 14.7.